The van der Waals surface area contributed by atoms with Gasteiger partial charge >= 0.3 is 11.9 Å². The van der Waals surface area contributed by atoms with Gasteiger partial charge in [-0.2, -0.15) is 0 Å². The highest BCUT2D eigenvalue weighted by atomic mass is 16.5. The first-order valence-corrected chi connectivity index (χ1v) is 6.62. The molecule has 0 saturated carbocycles. The van der Waals surface area contributed by atoms with E-state index in [0.717, 1.165) is 6.42 Å². The minimum Gasteiger partial charge on any atom is -0.468 e. The lowest BCUT2D eigenvalue weighted by Crippen LogP contribution is -2.63. The van der Waals surface area contributed by atoms with E-state index < -0.39 is 0 Å². The molecule has 0 aromatic heterocycles. The number of carbonyl (C=O) groups is 2. The number of carbonyl (C=O) groups excluding carboxylic acids is 2. The highest BCUT2D eigenvalue weighted by Crippen LogP contribution is 2.28. The van der Waals surface area contributed by atoms with Gasteiger partial charge in [0.1, 0.15) is 12.1 Å². The summed E-state index contributed by atoms with van der Waals surface area (Å²) in [6.45, 7) is 0.629. The monoisotopic (exact) mass is 277 g/mol. The van der Waals surface area contributed by atoms with Crippen LogP contribution >= 0.6 is 0 Å². The highest BCUT2D eigenvalue weighted by molar-refractivity contribution is 5.84. The maximum atomic E-state index is 11.7. The van der Waals surface area contributed by atoms with Crippen LogP contribution < -0.4 is 0 Å². The molecule has 2 atom stereocenters. The molecular weight excluding hydrogens is 258 g/mol. The highest BCUT2D eigenvalue weighted by Gasteiger charge is 2.47. The largest absolute Gasteiger partial charge is 0.468 e. The van der Waals surface area contributed by atoms with Crippen LogP contribution in [0.5, 0.6) is 0 Å². The predicted octanol–water partition coefficient (Wildman–Crippen LogP) is 1.02. The van der Waals surface area contributed by atoms with Crippen molar-refractivity contribution in [2.24, 2.45) is 0 Å². The van der Waals surface area contributed by atoms with Crippen LogP contribution in [-0.4, -0.2) is 49.7 Å². The van der Waals surface area contributed by atoms with Crippen molar-refractivity contribution in [3.8, 4) is 0 Å². The fourth-order valence-electron chi connectivity index (χ4n) is 2.51. The molecule has 0 N–H and O–H groups in total. The molecule has 2 rings (SSSR count). The van der Waals surface area contributed by atoms with E-state index in [9.17, 15) is 9.59 Å². The van der Waals surface area contributed by atoms with Crippen LogP contribution in [0.3, 0.4) is 0 Å². The first-order chi connectivity index (χ1) is 9.67. The van der Waals surface area contributed by atoms with E-state index in [1.807, 2.05) is 35.2 Å². The van der Waals surface area contributed by atoms with Crippen molar-refractivity contribution in [2.75, 3.05) is 20.8 Å². The molecule has 20 heavy (non-hydrogen) atoms. The Bertz CT molecular complexity index is 452. The molecule has 0 spiro atoms. The number of likely N-dealkylation sites (tertiary alicyclic amines) is 1. The average Bonchev–Trinajstić information content (AvgIpc) is 2.47. The number of benzene rings is 1. The number of nitrogens with zero attached hydrogens (tertiary/aromatic N) is 1. The Morgan fingerprint density at radius 2 is 1.65 bits per heavy atom. The summed E-state index contributed by atoms with van der Waals surface area (Å²) in [4.78, 5) is 25.2. The molecule has 1 aromatic rings. The summed E-state index contributed by atoms with van der Waals surface area (Å²) < 4.78 is 9.53. The Labute approximate surface area is 118 Å². The molecule has 0 aliphatic carbocycles. The van der Waals surface area contributed by atoms with Gasteiger partial charge in [0, 0.05) is 6.54 Å². The van der Waals surface area contributed by atoms with Gasteiger partial charge < -0.3 is 9.47 Å². The van der Waals surface area contributed by atoms with Crippen LogP contribution in [0.15, 0.2) is 30.3 Å². The third kappa shape index (κ3) is 2.99. The Balaban J connectivity index is 1.99. The van der Waals surface area contributed by atoms with E-state index in [4.69, 9.17) is 9.47 Å². The van der Waals surface area contributed by atoms with E-state index in [2.05, 4.69) is 0 Å². The van der Waals surface area contributed by atoms with Crippen molar-refractivity contribution in [2.45, 2.75) is 24.9 Å². The Morgan fingerprint density at radius 1 is 1.10 bits per heavy atom. The van der Waals surface area contributed by atoms with Crippen LogP contribution in [0.25, 0.3) is 0 Å². The summed E-state index contributed by atoms with van der Waals surface area (Å²) in [5.41, 5.74) is 1.17. The van der Waals surface area contributed by atoms with Crippen LogP contribution in [0, 0.1) is 0 Å². The molecule has 1 fully saturated rings. The quantitative estimate of drug-likeness (QED) is 0.752. The first kappa shape index (κ1) is 14.5. The molecule has 1 aromatic carbocycles. The zero-order chi connectivity index (χ0) is 14.5. The predicted molar refractivity (Wildman–Crippen MR) is 73.1 cm³/mol. The second kappa shape index (κ2) is 6.52. The number of methoxy groups -OCH3 is 2. The maximum absolute atomic E-state index is 11.7. The molecule has 1 unspecified atom stereocenters. The van der Waals surface area contributed by atoms with E-state index >= 15 is 0 Å². The molecule has 1 heterocycles. The molecule has 5 heteroatoms. The molecule has 108 valence electrons. The molecular formula is C15H19NO4. The van der Waals surface area contributed by atoms with Crippen LogP contribution in [0.2, 0.25) is 0 Å². The van der Waals surface area contributed by atoms with Crippen molar-refractivity contribution >= 4 is 11.9 Å². The Morgan fingerprint density at radius 3 is 2.15 bits per heavy atom. The van der Waals surface area contributed by atoms with E-state index in [1.165, 1.54) is 19.8 Å². The number of rotatable bonds is 5. The summed E-state index contributed by atoms with van der Waals surface area (Å²) >= 11 is 0. The third-order valence-electron chi connectivity index (χ3n) is 3.70. The van der Waals surface area contributed by atoms with Crippen molar-refractivity contribution in [1.29, 1.82) is 0 Å². The van der Waals surface area contributed by atoms with Gasteiger partial charge in [0.2, 0.25) is 0 Å². The second-order valence-electron chi connectivity index (χ2n) is 4.79. The van der Waals surface area contributed by atoms with Crippen molar-refractivity contribution < 1.29 is 19.1 Å². The minimum atomic E-state index is -0.340. The zero-order valence-corrected chi connectivity index (χ0v) is 11.7. The smallest absolute Gasteiger partial charge is 0.323 e. The number of hydrogen-bond acceptors (Lipinski definition) is 5. The summed E-state index contributed by atoms with van der Waals surface area (Å²) in [6, 6.07) is 9.28. The van der Waals surface area contributed by atoms with E-state index in [0.29, 0.717) is 13.0 Å². The first-order valence-electron chi connectivity index (χ1n) is 6.62. The summed E-state index contributed by atoms with van der Waals surface area (Å²) in [6.07, 6.45) is 1.25. The van der Waals surface area contributed by atoms with Gasteiger partial charge in [-0.1, -0.05) is 30.3 Å². The van der Waals surface area contributed by atoms with E-state index in [-0.39, 0.29) is 24.0 Å². The van der Waals surface area contributed by atoms with Gasteiger partial charge in [0.05, 0.1) is 14.2 Å². The molecule has 0 amide bonds. The van der Waals surface area contributed by atoms with Gasteiger partial charge in [-0.15, -0.1) is 0 Å². The second-order valence-corrected chi connectivity index (χ2v) is 4.79. The van der Waals surface area contributed by atoms with Gasteiger partial charge in [-0.05, 0) is 18.4 Å². The van der Waals surface area contributed by atoms with Crippen LogP contribution in [-0.2, 0) is 25.5 Å². The lowest BCUT2D eigenvalue weighted by molar-refractivity contribution is -0.167. The fraction of sp³-hybridized carbons (Fsp3) is 0.467. The average molecular weight is 277 g/mol. The van der Waals surface area contributed by atoms with E-state index in [1.54, 1.807) is 0 Å². The maximum Gasteiger partial charge on any atom is 0.323 e. The van der Waals surface area contributed by atoms with Gasteiger partial charge in [0.25, 0.3) is 0 Å². The fourth-order valence-corrected chi connectivity index (χ4v) is 2.51. The van der Waals surface area contributed by atoms with Gasteiger partial charge in [0.15, 0.2) is 0 Å². The molecule has 0 bridgehead atoms. The van der Waals surface area contributed by atoms with Crippen LogP contribution in [0.4, 0.5) is 0 Å². The lowest BCUT2D eigenvalue weighted by atomic mass is 9.92. The Kier molecular flexibility index (Phi) is 4.74. The number of ether oxygens (including phenoxy) is 2. The van der Waals surface area contributed by atoms with Gasteiger partial charge in [-0.3, -0.25) is 14.5 Å². The molecule has 1 aliphatic rings. The summed E-state index contributed by atoms with van der Waals surface area (Å²) in [5.74, 6) is -0.587. The topological polar surface area (TPSA) is 55.8 Å². The third-order valence-corrected chi connectivity index (χ3v) is 3.70. The van der Waals surface area contributed by atoms with Crippen molar-refractivity contribution in [3.63, 3.8) is 0 Å². The normalized spacial score (nSPS) is 21.9. The zero-order valence-electron chi connectivity index (χ0n) is 11.7. The SMILES string of the molecule is COC(=O)C1C[C@@H](C(=O)OC)N1CCc1ccccc1. The summed E-state index contributed by atoms with van der Waals surface area (Å²) in [5, 5.41) is 0. The van der Waals surface area contributed by atoms with Crippen LogP contribution in [0.1, 0.15) is 12.0 Å². The number of esters is 2. The van der Waals surface area contributed by atoms with Crippen molar-refractivity contribution in [3.05, 3.63) is 35.9 Å². The van der Waals surface area contributed by atoms with Crippen molar-refractivity contribution in [1.82, 2.24) is 4.90 Å². The standard InChI is InChI=1S/C15H19NO4/c1-19-14(17)12-10-13(15(18)20-2)16(12)9-8-11-6-4-3-5-7-11/h3-7,12-13H,8-10H2,1-2H3/t12-,13?/m0/s1. The number of hydrogen-bond donors (Lipinski definition) is 0. The molecule has 0 radical (unpaired) electrons. The Hall–Kier alpha value is -1.88. The minimum absolute atomic E-state index is 0.293. The molecule has 1 aliphatic heterocycles. The lowest BCUT2D eigenvalue weighted by Gasteiger charge is -2.44. The van der Waals surface area contributed by atoms with Gasteiger partial charge in [-0.25, -0.2) is 0 Å². The molecule has 5 nitrogen and oxygen atoms in total. The summed E-state index contributed by atoms with van der Waals surface area (Å²) in [7, 11) is 2.73. The molecule has 1 saturated heterocycles.